The van der Waals surface area contributed by atoms with Crippen molar-refractivity contribution in [3.8, 4) is 12.3 Å². The molecule has 0 saturated carbocycles. The Kier molecular flexibility index (Phi) is 3.90. The van der Waals surface area contributed by atoms with Gasteiger partial charge in [-0.2, -0.15) is 0 Å². The average molecular weight is 188 g/mol. The number of Topliss-reactive ketones (excluding diaryl/α,β-unsaturated/α-hetero) is 1. The molecular weight excluding hydrogens is 176 g/mol. The molecule has 0 bridgehead atoms. The van der Waals surface area contributed by atoms with Crippen molar-refractivity contribution in [1.29, 1.82) is 0 Å². The van der Waals surface area contributed by atoms with Gasteiger partial charge in [-0.15, -0.1) is 12.3 Å². The second kappa shape index (κ2) is 5.21. The lowest BCUT2D eigenvalue weighted by molar-refractivity contribution is -0.127. The highest BCUT2D eigenvalue weighted by Gasteiger charge is 2.15. The fraction of sp³-hybridized carbons (Fsp3) is 0.250. The van der Waals surface area contributed by atoms with E-state index in [1.807, 2.05) is 6.07 Å². The summed E-state index contributed by atoms with van der Waals surface area (Å²) < 4.78 is 0. The van der Waals surface area contributed by atoms with E-state index in [9.17, 15) is 9.90 Å². The monoisotopic (exact) mass is 188 g/mol. The molecule has 2 heteroatoms. The maximum atomic E-state index is 11.4. The first kappa shape index (κ1) is 10.5. The smallest absolute Gasteiger partial charge is 0.166 e. The molecule has 0 spiro atoms. The third-order valence-electron chi connectivity index (χ3n) is 1.94. The summed E-state index contributed by atoms with van der Waals surface area (Å²) in [5.74, 6) is 2.15. The van der Waals surface area contributed by atoms with Crippen LogP contribution >= 0.6 is 0 Å². The molecule has 0 radical (unpaired) electrons. The van der Waals surface area contributed by atoms with Gasteiger partial charge in [0.1, 0.15) is 6.10 Å². The molecule has 0 amide bonds. The van der Waals surface area contributed by atoms with Gasteiger partial charge in [0, 0.05) is 12.8 Å². The van der Waals surface area contributed by atoms with Crippen LogP contribution in [0.25, 0.3) is 0 Å². The molecular formula is C12H12O2. The van der Waals surface area contributed by atoms with Gasteiger partial charge < -0.3 is 5.11 Å². The van der Waals surface area contributed by atoms with Gasteiger partial charge in [0.2, 0.25) is 0 Å². The Morgan fingerprint density at radius 3 is 2.64 bits per heavy atom. The molecule has 0 aromatic heterocycles. The zero-order valence-electron chi connectivity index (χ0n) is 7.81. The summed E-state index contributed by atoms with van der Waals surface area (Å²) in [5.41, 5.74) is 0.620. The summed E-state index contributed by atoms with van der Waals surface area (Å²) in [6.07, 6.45) is 4.60. The van der Waals surface area contributed by atoms with E-state index in [0.29, 0.717) is 12.0 Å². The topological polar surface area (TPSA) is 37.3 Å². The van der Waals surface area contributed by atoms with Gasteiger partial charge in [0.15, 0.2) is 5.78 Å². The highest BCUT2D eigenvalue weighted by molar-refractivity contribution is 5.84. The molecule has 72 valence electrons. The van der Waals surface area contributed by atoms with Crippen LogP contribution in [-0.2, 0) is 4.79 Å². The number of terminal acetylenes is 1. The Morgan fingerprint density at radius 1 is 1.43 bits per heavy atom. The minimum atomic E-state index is -1.04. The predicted octanol–water partition coefficient (Wildman–Crippen LogP) is 1.70. The minimum Gasteiger partial charge on any atom is -0.381 e. The first-order chi connectivity index (χ1) is 6.75. The van der Waals surface area contributed by atoms with E-state index in [1.54, 1.807) is 24.3 Å². The molecule has 2 nitrogen and oxygen atoms in total. The van der Waals surface area contributed by atoms with E-state index in [4.69, 9.17) is 6.42 Å². The Balaban J connectivity index is 2.62. The normalized spacial score (nSPS) is 11.7. The van der Waals surface area contributed by atoms with Crippen molar-refractivity contribution in [2.75, 3.05) is 0 Å². The van der Waals surface area contributed by atoms with Crippen LogP contribution in [0.2, 0.25) is 0 Å². The maximum Gasteiger partial charge on any atom is 0.166 e. The number of hydrogen-bond acceptors (Lipinski definition) is 2. The molecule has 0 saturated heterocycles. The molecule has 14 heavy (non-hydrogen) atoms. The number of aliphatic hydroxyl groups is 1. The number of aliphatic hydroxyl groups excluding tert-OH is 1. The van der Waals surface area contributed by atoms with Crippen LogP contribution in [0.15, 0.2) is 30.3 Å². The summed E-state index contributed by atoms with van der Waals surface area (Å²) in [4.78, 5) is 11.4. The first-order valence-electron chi connectivity index (χ1n) is 4.45. The lowest BCUT2D eigenvalue weighted by atomic mass is 10.0. The van der Waals surface area contributed by atoms with Gasteiger partial charge in [0.25, 0.3) is 0 Å². The predicted molar refractivity (Wildman–Crippen MR) is 54.5 cm³/mol. The van der Waals surface area contributed by atoms with E-state index in [-0.39, 0.29) is 12.2 Å². The second-order valence-corrected chi connectivity index (χ2v) is 2.98. The van der Waals surface area contributed by atoms with Crippen LogP contribution in [0.4, 0.5) is 0 Å². The third-order valence-corrected chi connectivity index (χ3v) is 1.94. The molecule has 0 aliphatic rings. The second-order valence-electron chi connectivity index (χ2n) is 2.98. The molecule has 1 atom stereocenters. The van der Waals surface area contributed by atoms with Crippen LogP contribution in [0.5, 0.6) is 0 Å². The van der Waals surface area contributed by atoms with Crippen molar-refractivity contribution in [1.82, 2.24) is 0 Å². The molecule has 0 aliphatic carbocycles. The SMILES string of the molecule is C#CCCC(=O)C(O)c1ccccc1. The number of carbonyl (C=O) groups excluding carboxylic acids is 1. The molecule has 1 unspecified atom stereocenters. The molecule has 1 aromatic rings. The molecule has 0 heterocycles. The third kappa shape index (κ3) is 2.72. The highest BCUT2D eigenvalue weighted by atomic mass is 16.3. The van der Waals surface area contributed by atoms with Crippen molar-refractivity contribution in [3.05, 3.63) is 35.9 Å². The van der Waals surface area contributed by atoms with Crippen LogP contribution < -0.4 is 0 Å². The van der Waals surface area contributed by atoms with Crippen LogP contribution in [0, 0.1) is 12.3 Å². The maximum absolute atomic E-state index is 11.4. The van der Waals surface area contributed by atoms with Gasteiger partial charge in [0.05, 0.1) is 0 Å². The van der Waals surface area contributed by atoms with Crippen molar-refractivity contribution < 1.29 is 9.90 Å². The number of hydrogen-bond donors (Lipinski definition) is 1. The van der Waals surface area contributed by atoms with Crippen molar-refractivity contribution in [3.63, 3.8) is 0 Å². The molecule has 1 aromatic carbocycles. The fourth-order valence-corrected chi connectivity index (χ4v) is 1.15. The van der Waals surface area contributed by atoms with E-state index in [1.165, 1.54) is 0 Å². The average Bonchev–Trinajstić information content (AvgIpc) is 2.26. The molecule has 0 aliphatic heterocycles. The Bertz CT molecular complexity index is 335. The van der Waals surface area contributed by atoms with Gasteiger partial charge in [-0.1, -0.05) is 30.3 Å². The van der Waals surface area contributed by atoms with Gasteiger partial charge in [-0.05, 0) is 5.56 Å². The molecule has 1 N–H and O–H groups in total. The van der Waals surface area contributed by atoms with Gasteiger partial charge >= 0.3 is 0 Å². The van der Waals surface area contributed by atoms with Crippen molar-refractivity contribution in [2.24, 2.45) is 0 Å². The Hall–Kier alpha value is -1.59. The summed E-state index contributed by atoms with van der Waals surface area (Å²) in [6.45, 7) is 0. The van der Waals surface area contributed by atoms with Gasteiger partial charge in [-0.25, -0.2) is 0 Å². The number of ketones is 1. The quantitative estimate of drug-likeness (QED) is 0.730. The molecule has 0 fully saturated rings. The Morgan fingerprint density at radius 2 is 2.07 bits per heavy atom. The van der Waals surface area contributed by atoms with E-state index in [2.05, 4.69) is 5.92 Å². The fourth-order valence-electron chi connectivity index (χ4n) is 1.15. The summed E-state index contributed by atoms with van der Waals surface area (Å²) in [7, 11) is 0. The lowest BCUT2D eigenvalue weighted by Crippen LogP contribution is -2.11. The van der Waals surface area contributed by atoms with Gasteiger partial charge in [-0.3, -0.25) is 4.79 Å². The number of carbonyl (C=O) groups is 1. The molecule has 1 rings (SSSR count). The lowest BCUT2D eigenvalue weighted by Gasteiger charge is -2.08. The highest BCUT2D eigenvalue weighted by Crippen LogP contribution is 2.15. The standard InChI is InChI=1S/C12H12O2/c1-2-3-9-11(13)12(14)10-7-5-4-6-8-10/h1,4-8,12,14H,3,9H2. The zero-order valence-corrected chi connectivity index (χ0v) is 7.81. The number of rotatable bonds is 4. The van der Waals surface area contributed by atoms with Crippen LogP contribution in [0.1, 0.15) is 24.5 Å². The summed E-state index contributed by atoms with van der Waals surface area (Å²) in [6, 6.07) is 8.85. The van der Waals surface area contributed by atoms with Crippen molar-refractivity contribution >= 4 is 5.78 Å². The van der Waals surface area contributed by atoms with Crippen LogP contribution in [-0.4, -0.2) is 10.9 Å². The Labute approximate surface area is 83.6 Å². The van der Waals surface area contributed by atoms with Crippen molar-refractivity contribution in [2.45, 2.75) is 18.9 Å². The van der Waals surface area contributed by atoms with E-state index >= 15 is 0 Å². The number of benzene rings is 1. The van der Waals surface area contributed by atoms with E-state index < -0.39 is 6.10 Å². The van der Waals surface area contributed by atoms with Crippen LogP contribution in [0.3, 0.4) is 0 Å². The summed E-state index contributed by atoms with van der Waals surface area (Å²) in [5, 5.41) is 9.60. The largest absolute Gasteiger partial charge is 0.381 e. The zero-order chi connectivity index (χ0) is 10.4. The summed E-state index contributed by atoms with van der Waals surface area (Å²) >= 11 is 0. The minimum absolute atomic E-state index is 0.228. The van der Waals surface area contributed by atoms with E-state index in [0.717, 1.165) is 0 Å². The first-order valence-corrected chi connectivity index (χ1v) is 4.45.